The van der Waals surface area contributed by atoms with Crippen molar-refractivity contribution in [3.05, 3.63) is 24.3 Å². The Morgan fingerprint density at radius 3 is 1.91 bits per heavy atom. The van der Waals surface area contributed by atoms with E-state index >= 15 is 0 Å². The monoisotopic (exact) mass is 292 g/mol. The van der Waals surface area contributed by atoms with Crippen molar-refractivity contribution in [3.63, 3.8) is 0 Å². The molecular weight excluding hydrogens is 288 g/mol. The number of aliphatic imine (C=N–C) groups is 4. The summed E-state index contributed by atoms with van der Waals surface area (Å²) in [4.78, 5) is 55.8. The molecule has 0 N–H and O–H groups in total. The number of rotatable bonds is 4. The third kappa shape index (κ3) is 2.71. The molecule has 0 aliphatic carbocycles. The zero-order valence-electron chi connectivity index (χ0n) is 10.7. The molecule has 8 nitrogen and oxygen atoms in total. The average molecular weight is 292 g/mol. The van der Waals surface area contributed by atoms with E-state index in [-0.39, 0.29) is 22.7 Å². The summed E-state index contributed by atoms with van der Waals surface area (Å²) in [5, 5.41) is 0.720. The predicted octanol–water partition coefficient (Wildman–Crippen LogP) is 2.71. The number of benzene rings is 2. The molecule has 2 rings (SSSR count). The molecule has 0 unspecified atom stereocenters. The minimum atomic E-state index is 0.0150. The highest BCUT2D eigenvalue weighted by Gasteiger charge is 2.12. The molecular formula is C14H4N4O4. The largest absolute Gasteiger partial charge is 0.240 e. The molecule has 0 radical (unpaired) electrons. The molecule has 0 fully saturated rings. The van der Waals surface area contributed by atoms with E-state index in [1.807, 2.05) is 0 Å². The van der Waals surface area contributed by atoms with Gasteiger partial charge in [-0.3, -0.25) is 0 Å². The lowest BCUT2D eigenvalue weighted by Crippen LogP contribution is -1.79. The zero-order valence-corrected chi connectivity index (χ0v) is 10.7. The summed E-state index contributed by atoms with van der Waals surface area (Å²) in [6, 6.07) is 5.68. The van der Waals surface area contributed by atoms with Crippen molar-refractivity contribution in [1.29, 1.82) is 0 Å². The maximum absolute atomic E-state index is 10.6. The molecule has 22 heavy (non-hydrogen) atoms. The lowest BCUT2D eigenvalue weighted by molar-refractivity contribution is 0.564. The molecule has 0 aliphatic heterocycles. The van der Waals surface area contributed by atoms with Gasteiger partial charge in [-0.2, -0.15) is 20.0 Å². The Labute approximate surface area is 122 Å². The Morgan fingerprint density at radius 2 is 1.27 bits per heavy atom. The van der Waals surface area contributed by atoms with E-state index in [1.165, 1.54) is 48.6 Å². The number of isocyanates is 4. The van der Waals surface area contributed by atoms with Gasteiger partial charge in [0.1, 0.15) is 11.4 Å². The van der Waals surface area contributed by atoms with Crippen molar-refractivity contribution in [1.82, 2.24) is 0 Å². The van der Waals surface area contributed by atoms with Crippen LogP contribution in [0.2, 0.25) is 0 Å². The molecule has 0 saturated carbocycles. The van der Waals surface area contributed by atoms with Crippen LogP contribution in [0.3, 0.4) is 0 Å². The van der Waals surface area contributed by atoms with Gasteiger partial charge in [0.05, 0.1) is 11.4 Å². The van der Waals surface area contributed by atoms with Crippen molar-refractivity contribution >= 4 is 57.8 Å². The molecule has 2 aromatic rings. The van der Waals surface area contributed by atoms with Gasteiger partial charge >= 0.3 is 0 Å². The van der Waals surface area contributed by atoms with Crippen LogP contribution in [0.25, 0.3) is 10.8 Å². The van der Waals surface area contributed by atoms with Crippen LogP contribution in [0.15, 0.2) is 44.2 Å². The van der Waals surface area contributed by atoms with E-state index in [4.69, 9.17) is 0 Å². The van der Waals surface area contributed by atoms with Crippen molar-refractivity contribution in [2.24, 2.45) is 20.0 Å². The minimum Gasteiger partial charge on any atom is -0.211 e. The first-order valence-corrected chi connectivity index (χ1v) is 5.67. The first-order chi connectivity index (χ1) is 10.7. The molecule has 2 aromatic carbocycles. The van der Waals surface area contributed by atoms with Crippen LogP contribution in [0.5, 0.6) is 0 Å². The fraction of sp³-hybridized carbons (Fsp3) is 0. The Balaban J connectivity index is 3.03. The number of hydrogen-bond acceptors (Lipinski definition) is 8. The summed E-state index contributed by atoms with van der Waals surface area (Å²) in [5.74, 6) is 0. The SMILES string of the molecule is O=C=Nc1cc(N=C=O)c2ccc(N=C=O)c(N=C=O)c2c1. The topological polar surface area (TPSA) is 118 Å². The molecule has 8 heteroatoms. The van der Waals surface area contributed by atoms with Crippen molar-refractivity contribution < 1.29 is 19.2 Å². The highest BCUT2D eigenvalue weighted by molar-refractivity contribution is 6.06. The molecule has 0 bridgehead atoms. The van der Waals surface area contributed by atoms with Crippen LogP contribution in [-0.4, -0.2) is 24.3 Å². The summed E-state index contributed by atoms with van der Waals surface area (Å²) in [7, 11) is 0. The molecule has 0 spiro atoms. The van der Waals surface area contributed by atoms with Gasteiger partial charge in [0, 0.05) is 10.8 Å². The summed E-state index contributed by atoms with van der Waals surface area (Å²) in [5.41, 5.74) is 0.372. The van der Waals surface area contributed by atoms with Crippen molar-refractivity contribution in [2.75, 3.05) is 0 Å². The second-order valence-corrected chi connectivity index (χ2v) is 3.81. The summed E-state index contributed by atoms with van der Waals surface area (Å²) < 4.78 is 0. The Kier molecular flexibility index (Phi) is 4.38. The van der Waals surface area contributed by atoms with E-state index in [2.05, 4.69) is 20.0 Å². The Bertz CT molecular complexity index is 956. The van der Waals surface area contributed by atoms with Gasteiger partial charge < -0.3 is 0 Å². The molecule has 0 aliphatic rings. The Morgan fingerprint density at radius 1 is 0.636 bits per heavy atom. The standard InChI is InChI=1S/C14H4N4O4/c19-5-15-9-3-11-10(13(4-9)17-7-21)1-2-12(16-6-20)14(11)18-8-22/h1-4H. The first kappa shape index (κ1) is 14.6. The third-order valence-corrected chi connectivity index (χ3v) is 2.71. The molecule has 104 valence electrons. The zero-order chi connectivity index (χ0) is 15.9. The van der Waals surface area contributed by atoms with Gasteiger partial charge in [-0.25, -0.2) is 19.2 Å². The second-order valence-electron chi connectivity index (χ2n) is 3.81. The van der Waals surface area contributed by atoms with E-state index in [9.17, 15) is 19.2 Å². The molecule has 0 amide bonds. The highest BCUT2D eigenvalue weighted by atomic mass is 16.1. The van der Waals surface area contributed by atoms with Crippen LogP contribution in [-0.2, 0) is 19.2 Å². The van der Waals surface area contributed by atoms with E-state index in [0.717, 1.165) is 0 Å². The number of carbonyl (C=O) groups excluding carboxylic acids is 4. The number of fused-ring (bicyclic) bond motifs is 1. The van der Waals surface area contributed by atoms with Crippen molar-refractivity contribution in [3.8, 4) is 0 Å². The molecule has 0 aromatic heterocycles. The van der Waals surface area contributed by atoms with Gasteiger partial charge in [0.2, 0.25) is 24.3 Å². The molecule has 0 heterocycles. The van der Waals surface area contributed by atoms with Crippen LogP contribution in [0.4, 0.5) is 22.7 Å². The van der Waals surface area contributed by atoms with Crippen LogP contribution < -0.4 is 0 Å². The smallest absolute Gasteiger partial charge is 0.211 e. The van der Waals surface area contributed by atoms with Crippen LogP contribution in [0, 0.1) is 0 Å². The van der Waals surface area contributed by atoms with E-state index in [1.54, 1.807) is 0 Å². The second kappa shape index (κ2) is 6.59. The maximum atomic E-state index is 10.6. The van der Waals surface area contributed by atoms with Crippen LogP contribution >= 0.6 is 0 Å². The van der Waals surface area contributed by atoms with Gasteiger partial charge in [0.25, 0.3) is 0 Å². The van der Waals surface area contributed by atoms with Crippen molar-refractivity contribution in [2.45, 2.75) is 0 Å². The highest BCUT2D eigenvalue weighted by Crippen LogP contribution is 2.41. The number of hydrogen-bond donors (Lipinski definition) is 0. The minimum absolute atomic E-state index is 0.0150. The third-order valence-electron chi connectivity index (χ3n) is 2.71. The summed E-state index contributed by atoms with van der Waals surface area (Å²) in [6.45, 7) is 0. The normalized spacial score (nSPS) is 8.91. The number of nitrogens with zero attached hydrogens (tertiary/aromatic N) is 4. The predicted molar refractivity (Wildman–Crippen MR) is 75.1 cm³/mol. The van der Waals surface area contributed by atoms with Gasteiger partial charge in [-0.15, -0.1) is 0 Å². The lowest BCUT2D eigenvalue weighted by Gasteiger charge is -2.06. The van der Waals surface area contributed by atoms with Gasteiger partial charge in [-0.1, -0.05) is 0 Å². The Hall–Kier alpha value is -3.78. The fourth-order valence-electron chi connectivity index (χ4n) is 1.93. The molecule has 0 atom stereocenters. The lowest BCUT2D eigenvalue weighted by atomic mass is 10.0. The quantitative estimate of drug-likeness (QED) is 0.635. The average Bonchev–Trinajstić information content (AvgIpc) is 2.51. The van der Waals surface area contributed by atoms with Gasteiger partial charge in [0.15, 0.2) is 0 Å². The van der Waals surface area contributed by atoms with Gasteiger partial charge in [-0.05, 0) is 24.3 Å². The molecule has 0 saturated heterocycles. The maximum Gasteiger partial charge on any atom is 0.240 e. The fourth-order valence-corrected chi connectivity index (χ4v) is 1.93. The summed E-state index contributed by atoms with van der Waals surface area (Å²) in [6.07, 6.45) is 5.42. The van der Waals surface area contributed by atoms with Crippen LogP contribution in [0.1, 0.15) is 0 Å². The first-order valence-electron chi connectivity index (χ1n) is 5.67. The summed E-state index contributed by atoms with van der Waals surface area (Å²) >= 11 is 0. The van der Waals surface area contributed by atoms with E-state index < -0.39 is 0 Å². The van der Waals surface area contributed by atoms with E-state index in [0.29, 0.717) is 10.8 Å².